The SMILES string of the molecule is Cc1nn(C)c(C)c1NC(=O)C[NH2+][C@@H](c1ccccc1)c1ccco1. The fourth-order valence-electron chi connectivity index (χ4n) is 2.91. The molecule has 0 aliphatic rings. The Morgan fingerprint density at radius 2 is 2.00 bits per heavy atom. The Bertz CT molecular complexity index is 838. The van der Waals surface area contributed by atoms with E-state index in [9.17, 15) is 4.79 Å². The molecule has 0 bridgehead atoms. The first-order valence-electron chi connectivity index (χ1n) is 8.28. The average molecular weight is 339 g/mol. The van der Waals surface area contributed by atoms with Crippen LogP contribution >= 0.6 is 0 Å². The highest BCUT2D eigenvalue weighted by Gasteiger charge is 2.22. The van der Waals surface area contributed by atoms with Crippen molar-refractivity contribution in [2.24, 2.45) is 7.05 Å². The van der Waals surface area contributed by atoms with Gasteiger partial charge in [-0.15, -0.1) is 0 Å². The van der Waals surface area contributed by atoms with Crippen LogP contribution in [-0.4, -0.2) is 22.2 Å². The van der Waals surface area contributed by atoms with Crippen LogP contribution in [0.5, 0.6) is 0 Å². The monoisotopic (exact) mass is 339 g/mol. The normalized spacial score (nSPS) is 12.1. The van der Waals surface area contributed by atoms with Crippen molar-refractivity contribution in [1.82, 2.24) is 9.78 Å². The molecule has 0 unspecified atom stereocenters. The maximum Gasteiger partial charge on any atom is 0.279 e. The smallest absolute Gasteiger partial charge is 0.279 e. The van der Waals surface area contributed by atoms with Crippen molar-refractivity contribution in [3.8, 4) is 0 Å². The van der Waals surface area contributed by atoms with Gasteiger partial charge in [-0.2, -0.15) is 5.10 Å². The number of nitrogens with zero attached hydrogens (tertiary/aromatic N) is 2. The average Bonchev–Trinajstić information content (AvgIpc) is 3.21. The number of carbonyl (C=O) groups is 1. The van der Waals surface area contributed by atoms with Crippen LogP contribution in [-0.2, 0) is 11.8 Å². The van der Waals surface area contributed by atoms with Gasteiger partial charge in [0.05, 0.1) is 23.3 Å². The van der Waals surface area contributed by atoms with Crippen LogP contribution < -0.4 is 10.6 Å². The van der Waals surface area contributed by atoms with Crippen molar-refractivity contribution in [2.75, 3.05) is 11.9 Å². The predicted octanol–water partition coefficient (Wildman–Crippen LogP) is 1.92. The number of aromatic nitrogens is 2. The molecule has 2 heterocycles. The summed E-state index contributed by atoms with van der Waals surface area (Å²) in [6, 6.07) is 13.8. The van der Waals surface area contributed by atoms with E-state index in [2.05, 4.69) is 10.4 Å². The minimum atomic E-state index is -0.0633. The molecule has 0 saturated carbocycles. The molecule has 0 aliphatic carbocycles. The van der Waals surface area contributed by atoms with Gasteiger partial charge in [-0.25, -0.2) is 0 Å². The summed E-state index contributed by atoms with van der Waals surface area (Å²) >= 11 is 0. The van der Waals surface area contributed by atoms with E-state index in [1.807, 2.05) is 68.7 Å². The minimum Gasteiger partial charge on any atom is -0.463 e. The fourth-order valence-corrected chi connectivity index (χ4v) is 2.91. The van der Waals surface area contributed by atoms with E-state index >= 15 is 0 Å². The summed E-state index contributed by atoms with van der Waals surface area (Å²) in [5.74, 6) is 0.763. The molecule has 1 amide bonds. The number of rotatable bonds is 6. The van der Waals surface area contributed by atoms with Crippen LogP contribution in [0.1, 0.15) is 28.8 Å². The number of hydrogen-bond acceptors (Lipinski definition) is 3. The van der Waals surface area contributed by atoms with E-state index in [0.29, 0.717) is 0 Å². The molecule has 6 heteroatoms. The van der Waals surface area contributed by atoms with Gasteiger partial charge in [0.25, 0.3) is 5.91 Å². The number of nitrogens with two attached hydrogens (primary N) is 1. The van der Waals surface area contributed by atoms with Gasteiger partial charge in [0, 0.05) is 12.6 Å². The van der Waals surface area contributed by atoms with Gasteiger partial charge in [0.2, 0.25) is 0 Å². The zero-order valence-electron chi connectivity index (χ0n) is 14.7. The Morgan fingerprint density at radius 1 is 1.24 bits per heavy atom. The summed E-state index contributed by atoms with van der Waals surface area (Å²) in [6.07, 6.45) is 1.65. The van der Waals surface area contributed by atoms with Crippen LogP contribution in [0, 0.1) is 13.8 Å². The molecule has 0 aliphatic heterocycles. The Hall–Kier alpha value is -2.86. The minimum absolute atomic E-state index is 0.0574. The van der Waals surface area contributed by atoms with Crippen molar-refractivity contribution in [2.45, 2.75) is 19.9 Å². The zero-order valence-corrected chi connectivity index (χ0v) is 14.7. The van der Waals surface area contributed by atoms with Gasteiger partial charge >= 0.3 is 0 Å². The summed E-state index contributed by atoms with van der Waals surface area (Å²) in [7, 11) is 1.87. The van der Waals surface area contributed by atoms with Gasteiger partial charge in [-0.1, -0.05) is 30.3 Å². The number of quaternary nitrogens is 1. The first kappa shape index (κ1) is 17.0. The highest BCUT2D eigenvalue weighted by Crippen LogP contribution is 2.19. The number of carbonyl (C=O) groups excluding carboxylic acids is 1. The van der Waals surface area contributed by atoms with E-state index in [0.717, 1.165) is 28.4 Å². The van der Waals surface area contributed by atoms with Crippen LogP contribution in [0.25, 0.3) is 0 Å². The maximum absolute atomic E-state index is 12.4. The van der Waals surface area contributed by atoms with Gasteiger partial charge in [-0.05, 0) is 26.0 Å². The molecule has 2 aromatic heterocycles. The molecular weight excluding hydrogens is 316 g/mol. The molecule has 3 N–H and O–H groups in total. The third kappa shape index (κ3) is 3.80. The molecule has 1 atom stereocenters. The number of benzene rings is 1. The number of furan rings is 1. The zero-order chi connectivity index (χ0) is 17.8. The Labute approximate surface area is 146 Å². The van der Waals surface area contributed by atoms with Crippen molar-refractivity contribution >= 4 is 11.6 Å². The lowest BCUT2D eigenvalue weighted by Crippen LogP contribution is -2.87. The Balaban J connectivity index is 1.70. The molecule has 0 saturated heterocycles. The van der Waals surface area contributed by atoms with E-state index in [4.69, 9.17) is 4.42 Å². The fraction of sp³-hybridized carbons (Fsp3) is 0.263. The molecule has 3 aromatic rings. The van der Waals surface area contributed by atoms with E-state index in [-0.39, 0.29) is 18.5 Å². The van der Waals surface area contributed by atoms with Gasteiger partial charge in [0.1, 0.15) is 0 Å². The number of amides is 1. The Kier molecular flexibility index (Phi) is 5.00. The van der Waals surface area contributed by atoms with Gasteiger partial charge in [-0.3, -0.25) is 9.48 Å². The summed E-state index contributed by atoms with van der Waals surface area (Å²) in [6.45, 7) is 4.12. The lowest BCUT2D eigenvalue weighted by molar-refractivity contribution is -0.678. The largest absolute Gasteiger partial charge is 0.463 e. The van der Waals surface area contributed by atoms with Crippen molar-refractivity contribution in [3.05, 3.63) is 71.4 Å². The maximum atomic E-state index is 12.4. The van der Waals surface area contributed by atoms with Crippen molar-refractivity contribution < 1.29 is 14.5 Å². The number of nitrogens with one attached hydrogen (secondary N) is 1. The second kappa shape index (κ2) is 7.36. The van der Waals surface area contributed by atoms with Gasteiger partial charge < -0.3 is 15.1 Å². The summed E-state index contributed by atoms with van der Waals surface area (Å²) in [4.78, 5) is 12.4. The van der Waals surface area contributed by atoms with E-state index < -0.39 is 0 Å². The third-order valence-electron chi connectivity index (χ3n) is 4.32. The summed E-state index contributed by atoms with van der Waals surface area (Å²) < 4.78 is 7.33. The summed E-state index contributed by atoms with van der Waals surface area (Å²) in [5, 5.41) is 9.27. The number of hydrogen-bond donors (Lipinski definition) is 2. The third-order valence-corrected chi connectivity index (χ3v) is 4.32. The molecule has 6 nitrogen and oxygen atoms in total. The van der Waals surface area contributed by atoms with Crippen LogP contribution in [0.15, 0.2) is 53.1 Å². The molecule has 0 radical (unpaired) electrons. The molecule has 130 valence electrons. The lowest BCUT2D eigenvalue weighted by Gasteiger charge is -2.14. The topological polar surface area (TPSA) is 76.7 Å². The second-order valence-electron chi connectivity index (χ2n) is 6.06. The second-order valence-corrected chi connectivity index (χ2v) is 6.06. The first-order chi connectivity index (χ1) is 12.1. The first-order valence-corrected chi connectivity index (χ1v) is 8.28. The van der Waals surface area contributed by atoms with Crippen LogP contribution in [0.2, 0.25) is 0 Å². The standard InChI is InChI=1S/C19H22N4O2/c1-13-18(14(2)23(3)22-13)21-17(24)12-20-19(16-10-7-11-25-16)15-8-5-4-6-9-15/h4-11,19-20H,12H2,1-3H3,(H,21,24)/p+1/t19-/m0/s1. The quantitative estimate of drug-likeness (QED) is 0.720. The van der Waals surface area contributed by atoms with Gasteiger partial charge in [0.15, 0.2) is 18.3 Å². The highest BCUT2D eigenvalue weighted by atomic mass is 16.3. The number of anilines is 1. The molecule has 0 spiro atoms. The predicted molar refractivity (Wildman–Crippen MR) is 95.1 cm³/mol. The van der Waals surface area contributed by atoms with Crippen LogP contribution in [0.4, 0.5) is 5.69 Å². The lowest BCUT2D eigenvalue weighted by atomic mass is 10.0. The molecular formula is C19H23N4O2+. The molecule has 25 heavy (non-hydrogen) atoms. The highest BCUT2D eigenvalue weighted by molar-refractivity contribution is 5.92. The Morgan fingerprint density at radius 3 is 2.60 bits per heavy atom. The summed E-state index contributed by atoms with van der Waals surface area (Å²) in [5.41, 5.74) is 3.64. The van der Waals surface area contributed by atoms with Crippen molar-refractivity contribution in [3.63, 3.8) is 0 Å². The number of aryl methyl sites for hydroxylation is 2. The molecule has 1 aromatic carbocycles. The van der Waals surface area contributed by atoms with E-state index in [1.54, 1.807) is 10.9 Å². The van der Waals surface area contributed by atoms with Crippen LogP contribution in [0.3, 0.4) is 0 Å². The van der Waals surface area contributed by atoms with Crippen molar-refractivity contribution in [1.29, 1.82) is 0 Å². The molecule has 3 rings (SSSR count). The van der Waals surface area contributed by atoms with E-state index in [1.165, 1.54) is 0 Å². The molecule has 0 fully saturated rings.